The van der Waals surface area contributed by atoms with Crippen LogP contribution in [0.3, 0.4) is 0 Å². The maximum absolute atomic E-state index is 13.0. The van der Waals surface area contributed by atoms with Gasteiger partial charge in [0.1, 0.15) is 11.6 Å². The number of allylic oxidation sites excluding steroid dienone is 4. The second kappa shape index (κ2) is 3.97. The van der Waals surface area contributed by atoms with Crippen molar-refractivity contribution in [2.24, 2.45) is 0 Å². The topological polar surface area (TPSA) is 0 Å². The Kier molecular flexibility index (Phi) is 2.67. The summed E-state index contributed by atoms with van der Waals surface area (Å²) in [6, 6.07) is 3.70. The molecule has 78 valence electrons. The smallest absolute Gasteiger partial charge is 0.126 e. The molecule has 0 aliphatic heterocycles. The molecule has 2 heteroatoms. The Hall–Kier alpha value is -1.44. The Morgan fingerprint density at radius 2 is 1.80 bits per heavy atom. The molecule has 0 radical (unpaired) electrons. The lowest BCUT2D eigenvalue weighted by Gasteiger charge is -2.16. The maximum Gasteiger partial charge on any atom is 0.126 e. The summed E-state index contributed by atoms with van der Waals surface area (Å²) in [5.74, 6) is -0.920. The molecule has 1 aromatic carbocycles. The molecular weight excluding hydrogens is 194 g/mol. The van der Waals surface area contributed by atoms with Crippen molar-refractivity contribution in [2.45, 2.75) is 19.3 Å². The first-order valence-electron chi connectivity index (χ1n) is 4.95. The number of benzene rings is 1. The van der Waals surface area contributed by atoms with Crippen LogP contribution in [0.25, 0.3) is 0 Å². The number of rotatable bonds is 1. The third-order valence-corrected chi connectivity index (χ3v) is 2.58. The second-order valence-electron chi connectivity index (χ2n) is 3.91. The Morgan fingerprint density at radius 1 is 1.13 bits per heavy atom. The summed E-state index contributed by atoms with van der Waals surface area (Å²) in [7, 11) is 0. The minimum absolute atomic E-state index is 0.0974. The molecule has 1 aliphatic rings. The molecule has 1 aromatic rings. The van der Waals surface area contributed by atoms with E-state index >= 15 is 0 Å². The van der Waals surface area contributed by atoms with Gasteiger partial charge in [0.15, 0.2) is 0 Å². The summed E-state index contributed by atoms with van der Waals surface area (Å²) in [4.78, 5) is 0. The van der Waals surface area contributed by atoms with E-state index in [9.17, 15) is 8.78 Å². The highest BCUT2D eigenvalue weighted by Gasteiger charge is 2.13. The van der Waals surface area contributed by atoms with E-state index in [1.54, 1.807) is 0 Å². The normalized spacial score (nSPS) is 20.2. The zero-order valence-electron chi connectivity index (χ0n) is 8.50. The lowest BCUT2D eigenvalue weighted by Crippen LogP contribution is -2.00. The third kappa shape index (κ3) is 2.32. The fourth-order valence-corrected chi connectivity index (χ4v) is 1.86. The summed E-state index contributed by atoms with van der Waals surface area (Å²) >= 11 is 0. The van der Waals surface area contributed by atoms with Crippen LogP contribution in [-0.2, 0) is 0 Å². The predicted octanol–water partition coefficient (Wildman–Crippen LogP) is 3.95. The Morgan fingerprint density at radius 3 is 2.40 bits per heavy atom. The van der Waals surface area contributed by atoms with Gasteiger partial charge in [-0.1, -0.05) is 23.8 Å². The zero-order chi connectivity index (χ0) is 10.8. The monoisotopic (exact) mass is 206 g/mol. The van der Waals surface area contributed by atoms with Crippen LogP contribution in [0.15, 0.2) is 42.0 Å². The van der Waals surface area contributed by atoms with Gasteiger partial charge in [0.25, 0.3) is 0 Å². The molecular formula is C13H12F2. The zero-order valence-corrected chi connectivity index (χ0v) is 8.50. The minimum Gasteiger partial charge on any atom is -0.207 e. The average Bonchev–Trinajstić information content (AvgIpc) is 2.16. The van der Waals surface area contributed by atoms with Crippen LogP contribution in [0, 0.1) is 11.6 Å². The van der Waals surface area contributed by atoms with E-state index < -0.39 is 11.6 Å². The molecule has 0 bridgehead atoms. The molecule has 2 rings (SSSR count). The fourth-order valence-electron chi connectivity index (χ4n) is 1.86. The highest BCUT2D eigenvalue weighted by Crippen LogP contribution is 2.28. The van der Waals surface area contributed by atoms with Gasteiger partial charge in [0, 0.05) is 12.0 Å². The van der Waals surface area contributed by atoms with E-state index in [1.165, 1.54) is 17.7 Å². The first kappa shape index (κ1) is 10.1. The summed E-state index contributed by atoms with van der Waals surface area (Å²) in [6.07, 6.45) is 6.76. The van der Waals surface area contributed by atoms with Gasteiger partial charge in [-0.05, 0) is 31.0 Å². The van der Waals surface area contributed by atoms with Gasteiger partial charge < -0.3 is 0 Å². The Bertz CT molecular complexity index is 410. The van der Waals surface area contributed by atoms with E-state index in [-0.39, 0.29) is 5.92 Å². The molecule has 0 aromatic heterocycles. The highest BCUT2D eigenvalue weighted by molar-refractivity contribution is 5.31. The third-order valence-electron chi connectivity index (χ3n) is 2.58. The Labute approximate surface area is 87.9 Å². The van der Waals surface area contributed by atoms with Crippen LogP contribution in [0.5, 0.6) is 0 Å². The van der Waals surface area contributed by atoms with Gasteiger partial charge in [0.05, 0.1) is 0 Å². The minimum atomic E-state index is -0.509. The predicted molar refractivity (Wildman–Crippen MR) is 56.6 cm³/mol. The Balaban J connectivity index is 2.31. The van der Waals surface area contributed by atoms with Crippen LogP contribution >= 0.6 is 0 Å². The SMILES string of the molecule is CC1=CC=CC(c2cc(F)cc(F)c2)C1. The van der Waals surface area contributed by atoms with Crippen LogP contribution in [-0.4, -0.2) is 0 Å². The van der Waals surface area contributed by atoms with Crippen LogP contribution in [0.4, 0.5) is 8.78 Å². The molecule has 0 spiro atoms. The lowest BCUT2D eigenvalue weighted by atomic mass is 9.89. The van der Waals surface area contributed by atoms with Crippen LogP contribution in [0.1, 0.15) is 24.8 Å². The van der Waals surface area contributed by atoms with E-state index in [4.69, 9.17) is 0 Å². The molecule has 0 nitrogen and oxygen atoms in total. The fraction of sp³-hybridized carbons (Fsp3) is 0.231. The second-order valence-corrected chi connectivity index (χ2v) is 3.91. The van der Waals surface area contributed by atoms with Gasteiger partial charge >= 0.3 is 0 Å². The molecule has 0 N–H and O–H groups in total. The van der Waals surface area contributed by atoms with Crippen molar-refractivity contribution in [1.29, 1.82) is 0 Å². The van der Waals surface area contributed by atoms with E-state index in [1.807, 2.05) is 25.2 Å². The van der Waals surface area contributed by atoms with Crippen molar-refractivity contribution in [3.8, 4) is 0 Å². The van der Waals surface area contributed by atoms with Crippen molar-refractivity contribution < 1.29 is 8.78 Å². The van der Waals surface area contributed by atoms with Crippen molar-refractivity contribution >= 4 is 0 Å². The van der Waals surface area contributed by atoms with Gasteiger partial charge in [-0.3, -0.25) is 0 Å². The summed E-state index contributed by atoms with van der Waals surface area (Å²) in [5, 5.41) is 0. The van der Waals surface area contributed by atoms with Crippen molar-refractivity contribution in [1.82, 2.24) is 0 Å². The average molecular weight is 206 g/mol. The molecule has 0 heterocycles. The van der Waals surface area contributed by atoms with Crippen LogP contribution in [0.2, 0.25) is 0 Å². The summed E-state index contributed by atoms with van der Waals surface area (Å²) in [6.45, 7) is 2.02. The summed E-state index contributed by atoms with van der Waals surface area (Å²) < 4.78 is 26.0. The number of halogens is 2. The van der Waals surface area contributed by atoms with E-state index in [0.29, 0.717) is 5.56 Å². The maximum atomic E-state index is 13.0. The van der Waals surface area contributed by atoms with E-state index in [0.717, 1.165) is 12.5 Å². The van der Waals surface area contributed by atoms with Gasteiger partial charge in [-0.25, -0.2) is 8.78 Å². The number of hydrogen-bond donors (Lipinski definition) is 0. The molecule has 15 heavy (non-hydrogen) atoms. The molecule has 1 unspecified atom stereocenters. The standard InChI is InChI=1S/C13H12F2/c1-9-3-2-4-10(5-9)11-6-12(14)8-13(15)7-11/h2-4,6-8,10H,5H2,1H3. The molecule has 0 amide bonds. The quantitative estimate of drug-likeness (QED) is 0.652. The van der Waals surface area contributed by atoms with Crippen molar-refractivity contribution in [2.75, 3.05) is 0 Å². The number of hydrogen-bond acceptors (Lipinski definition) is 0. The van der Waals surface area contributed by atoms with Gasteiger partial charge in [0.2, 0.25) is 0 Å². The highest BCUT2D eigenvalue weighted by atomic mass is 19.1. The van der Waals surface area contributed by atoms with E-state index in [2.05, 4.69) is 0 Å². The van der Waals surface area contributed by atoms with Gasteiger partial charge in [-0.2, -0.15) is 0 Å². The largest absolute Gasteiger partial charge is 0.207 e. The molecule has 0 saturated carbocycles. The lowest BCUT2D eigenvalue weighted by molar-refractivity contribution is 0.577. The molecule has 1 aliphatic carbocycles. The molecule has 0 fully saturated rings. The molecule has 1 atom stereocenters. The summed E-state index contributed by atoms with van der Waals surface area (Å²) in [5.41, 5.74) is 1.93. The first-order valence-corrected chi connectivity index (χ1v) is 4.95. The first-order chi connectivity index (χ1) is 7.15. The van der Waals surface area contributed by atoms with Crippen molar-refractivity contribution in [3.63, 3.8) is 0 Å². The van der Waals surface area contributed by atoms with Crippen molar-refractivity contribution in [3.05, 3.63) is 59.2 Å². The van der Waals surface area contributed by atoms with Crippen LogP contribution < -0.4 is 0 Å². The molecule has 0 saturated heterocycles. The van der Waals surface area contributed by atoms with Gasteiger partial charge in [-0.15, -0.1) is 0 Å².